The molecule has 1 N–H and O–H groups in total. The van der Waals surface area contributed by atoms with Gasteiger partial charge in [0, 0.05) is 58.9 Å². The van der Waals surface area contributed by atoms with Gasteiger partial charge >= 0.3 is 0 Å². The highest BCUT2D eigenvalue weighted by Gasteiger charge is 2.23. The van der Waals surface area contributed by atoms with E-state index in [4.69, 9.17) is 9.47 Å². The van der Waals surface area contributed by atoms with Gasteiger partial charge < -0.3 is 24.6 Å². The Morgan fingerprint density at radius 1 is 1.07 bits per heavy atom. The minimum Gasteiger partial charge on any atom is -0.493 e. The van der Waals surface area contributed by atoms with E-state index in [1.54, 1.807) is 14.2 Å². The number of methoxy groups -OCH3 is 2. The van der Waals surface area contributed by atoms with Crippen LogP contribution in [0, 0.1) is 0 Å². The number of halogens is 1. The molecule has 2 aliphatic heterocycles. The summed E-state index contributed by atoms with van der Waals surface area (Å²) in [5, 5.41) is 3.59. The third-order valence-electron chi connectivity index (χ3n) is 5.95. The fourth-order valence-corrected chi connectivity index (χ4v) is 4.03. The maximum atomic E-state index is 5.48. The van der Waals surface area contributed by atoms with E-state index in [1.165, 1.54) is 11.1 Å². The lowest BCUT2D eigenvalue weighted by Gasteiger charge is -2.37. The molecule has 0 bridgehead atoms. The van der Waals surface area contributed by atoms with Crippen LogP contribution in [0.5, 0.6) is 11.5 Å². The highest BCUT2D eigenvalue weighted by atomic mass is 127. The minimum absolute atomic E-state index is 0. The molecule has 1 saturated heterocycles. The van der Waals surface area contributed by atoms with Crippen LogP contribution in [0.4, 0.5) is 0 Å². The van der Waals surface area contributed by atoms with Crippen molar-refractivity contribution in [1.29, 1.82) is 0 Å². The minimum atomic E-state index is 0. The Morgan fingerprint density at radius 2 is 1.69 bits per heavy atom. The topological polar surface area (TPSA) is 52.6 Å². The standard InChI is InChI=1S/C21H35N5O2.HI/c1-16(25-10-8-24(3)9-11-25)14-23-21(22-2)26-7-6-17-12-19(27-4)20(28-5)13-18(17)15-26;/h12-13,16H,6-11,14-15H2,1-5H3,(H,22,23);1H. The quantitative estimate of drug-likeness (QED) is 0.366. The second-order valence-corrected chi connectivity index (χ2v) is 7.76. The molecule has 0 amide bonds. The van der Waals surface area contributed by atoms with Gasteiger partial charge in [0.2, 0.25) is 0 Å². The zero-order valence-electron chi connectivity index (χ0n) is 18.4. The summed E-state index contributed by atoms with van der Waals surface area (Å²) < 4.78 is 10.9. The van der Waals surface area contributed by atoms with E-state index in [-0.39, 0.29) is 24.0 Å². The Hall–Kier alpha value is -1.26. The first-order valence-corrected chi connectivity index (χ1v) is 10.2. The predicted molar refractivity (Wildman–Crippen MR) is 129 cm³/mol. The second kappa shape index (κ2) is 11.2. The number of likely N-dealkylation sites (N-methyl/N-ethyl adjacent to an activating group) is 1. The first-order chi connectivity index (χ1) is 13.5. The summed E-state index contributed by atoms with van der Waals surface area (Å²) in [6.07, 6.45) is 0.977. The van der Waals surface area contributed by atoms with Crippen LogP contribution in [-0.2, 0) is 13.0 Å². The number of fused-ring (bicyclic) bond motifs is 1. The van der Waals surface area contributed by atoms with Gasteiger partial charge in [-0.2, -0.15) is 0 Å². The summed E-state index contributed by atoms with van der Waals surface area (Å²) in [5.41, 5.74) is 2.61. The highest BCUT2D eigenvalue weighted by molar-refractivity contribution is 14.0. The van der Waals surface area contributed by atoms with Gasteiger partial charge in [-0.25, -0.2) is 0 Å². The molecule has 0 radical (unpaired) electrons. The molecular formula is C21H36IN5O2. The molecule has 2 heterocycles. The number of benzene rings is 1. The van der Waals surface area contributed by atoms with Gasteiger partial charge in [-0.1, -0.05) is 0 Å². The number of nitrogens with zero attached hydrogens (tertiary/aromatic N) is 4. The first-order valence-electron chi connectivity index (χ1n) is 10.2. The highest BCUT2D eigenvalue weighted by Crippen LogP contribution is 2.33. The third kappa shape index (κ3) is 5.88. The van der Waals surface area contributed by atoms with E-state index in [1.807, 2.05) is 7.05 Å². The maximum absolute atomic E-state index is 5.48. The molecule has 1 aromatic rings. The van der Waals surface area contributed by atoms with Crippen LogP contribution in [0.3, 0.4) is 0 Å². The smallest absolute Gasteiger partial charge is 0.194 e. The number of rotatable bonds is 5. The molecular weight excluding hydrogens is 481 g/mol. The number of ether oxygens (including phenoxy) is 2. The van der Waals surface area contributed by atoms with Crippen molar-refractivity contribution in [3.8, 4) is 11.5 Å². The Morgan fingerprint density at radius 3 is 2.28 bits per heavy atom. The second-order valence-electron chi connectivity index (χ2n) is 7.76. The molecule has 0 aliphatic carbocycles. The molecule has 29 heavy (non-hydrogen) atoms. The van der Waals surface area contributed by atoms with E-state index in [2.05, 4.69) is 51.1 Å². The Labute approximate surface area is 192 Å². The number of hydrogen-bond donors (Lipinski definition) is 1. The summed E-state index contributed by atoms with van der Waals surface area (Å²) in [6, 6.07) is 4.70. The van der Waals surface area contributed by atoms with Crippen molar-refractivity contribution in [2.45, 2.75) is 25.9 Å². The predicted octanol–water partition coefficient (Wildman–Crippen LogP) is 1.89. The van der Waals surface area contributed by atoms with Crippen LogP contribution in [0.15, 0.2) is 17.1 Å². The molecule has 164 valence electrons. The van der Waals surface area contributed by atoms with Crippen LogP contribution in [-0.4, -0.2) is 94.3 Å². The van der Waals surface area contributed by atoms with Crippen molar-refractivity contribution < 1.29 is 9.47 Å². The zero-order chi connectivity index (χ0) is 20.1. The lowest BCUT2D eigenvalue weighted by Crippen LogP contribution is -2.53. The molecule has 0 spiro atoms. The van der Waals surface area contributed by atoms with Gasteiger partial charge in [0.15, 0.2) is 17.5 Å². The van der Waals surface area contributed by atoms with Crippen LogP contribution >= 0.6 is 24.0 Å². The number of hydrogen-bond acceptors (Lipinski definition) is 5. The van der Waals surface area contributed by atoms with Gasteiger partial charge in [-0.05, 0) is 43.7 Å². The van der Waals surface area contributed by atoms with Gasteiger partial charge in [0.25, 0.3) is 0 Å². The number of nitrogens with one attached hydrogen (secondary N) is 1. The Balaban J connectivity index is 0.00000300. The van der Waals surface area contributed by atoms with Crippen LogP contribution < -0.4 is 14.8 Å². The number of guanidine groups is 1. The molecule has 1 aromatic carbocycles. The lowest BCUT2D eigenvalue weighted by molar-refractivity contribution is 0.119. The van der Waals surface area contributed by atoms with Crippen LogP contribution in [0.1, 0.15) is 18.1 Å². The number of aliphatic imine (C=N–C) groups is 1. The largest absolute Gasteiger partial charge is 0.493 e. The van der Waals surface area contributed by atoms with Crippen molar-refractivity contribution in [3.63, 3.8) is 0 Å². The summed E-state index contributed by atoms with van der Waals surface area (Å²) in [7, 11) is 7.44. The van der Waals surface area contributed by atoms with Crippen molar-refractivity contribution in [3.05, 3.63) is 23.3 Å². The van der Waals surface area contributed by atoms with Gasteiger partial charge in [-0.15, -0.1) is 24.0 Å². The molecule has 7 nitrogen and oxygen atoms in total. The van der Waals surface area contributed by atoms with Crippen LogP contribution in [0.25, 0.3) is 0 Å². The summed E-state index contributed by atoms with van der Waals surface area (Å²) in [6.45, 7) is 9.55. The summed E-state index contributed by atoms with van der Waals surface area (Å²) >= 11 is 0. The van der Waals surface area contributed by atoms with Gasteiger partial charge in [0.05, 0.1) is 14.2 Å². The lowest BCUT2D eigenvalue weighted by atomic mass is 9.99. The van der Waals surface area contributed by atoms with Crippen LogP contribution in [0.2, 0.25) is 0 Å². The molecule has 2 aliphatic rings. The maximum Gasteiger partial charge on any atom is 0.194 e. The van der Waals surface area contributed by atoms with Crippen molar-refractivity contribution in [2.75, 3.05) is 67.6 Å². The van der Waals surface area contributed by atoms with Gasteiger partial charge in [0.1, 0.15) is 0 Å². The first kappa shape index (κ1) is 24.0. The molecule has 0 saturated carbocycles. The average Bonchev–Trinajstić information content (AvgIpc) is 2.73. The van der Waals surface area contributed by atoms with Crippen molar-refractivity contribution >= 4 is 29.9 Å². The fourth-order valence-electron chi connectivity index (χ4n) is 4.03. The molecule has 3 rings (SSSR count). The average molecular weight is 517 g/mol. The molecule has 1 atom stereocenters. The molecule has 8 heteroatoms. The third-order valence-corrected chi connectivity index (χ3v) is 5.95. The van der Waals surface area contributed by atoms with E-state index in [0.717, 1.165) is 69.7 Å². The molecule has 1 fully saturated rings. The Bertz CT molecular complexity index is 692. The van der Waals surface area contributed by atoms with E-state index in [9.17, 15) is 0 Å². The normalized spacial score (nSPS) is 19.2. The van der Waals surface area contributed by atoms with E-state index in [0.29, 0.717) is 6.04 Å². The SMILES string of the molecule is CN=C(NCC(C)N1CCN(C)CC1)N1CCc2cc(OC)c(OC)cc2C1.I. The number of piperazine rings is 1. The van der Waals surface area contributed by atoms with Crippen molar-refractivity contribution in [2.24, 2.45) is 4.99 Å². The van der Waals surface area contributed by atoms with E-state index < -0.39 is 0 Å². The monoisotopic (exact) mass is 517 g/mol. The van der Waals surface area contributed by atoms with E-state index >= 15 is 0 Å². The molecule has 0 aromatic heterocycles. The Kier molecular flexibility index (Phi) is 9.29. The summed E-state index contributed by atoms with van der Waals surface area (Å²) in [4.78, 5) is 11.8. The zero-order valence-corrected chi connectivity index (χ0v) is 20.7. The van der Waals surface area contributed by atoms with Gasteiger partial charge in [-0.3, -0.25) is 9.89 Å². The fraction of sp³-hybridized carbons (Fsp3) is 0.667. The summed E-state index contributed by atoms with van der Waals surface area (Å²) in [5.74, 6) is 2.56. The molecule has 1 unspecified atom stereocenters. The van der Waals surface area contributed by atoms with Crippen molar-refractivity contribution in [1.82, 2.24) is 20.0 Å².